The lowest BCUT2D eigenvalue weighted by Gasteiger charge is -2.30. The SMILES string of the molecule is Cc1ccc(CO[C@@H]2C[C@@H](C(=O)NCc3ccc(CN)cc3)N(C(=O)[C@@H](CCC3CCNCC3)NS(C)(=O)=O)C2)cc1. The molecule has 2 aromatic carbocycles. The fourth-order valence-corrected chi connectivity index (χ4v) is 6.41. The van der Waals surface area contributed by atoms with Gasteiger partial charge >= 0.3 is 0 Å². The van der Waals surface area contributed by atoms with E-state index in [1.54, 1.807) is 0 Å². The molecule has 2 aromatic rings. The van der Waals surface area contributed by atoms with Crippen molar-refractivity contribution in [1.82, 2.24) is 20.3 Å². The number of hydrogen-bond donors (Lipinski definition) is 4. The Labute approximate surface area is 249 Å². The van der Waals surface area contributed by atoms with E-state index in [1.165, 1.54) is 4.90 Å². The summed E-state index contributed by atoms with van der Waals surface area (Å²) in [5.41, 5.74) is 9.77. The average molecular weight is 600 g/mol. The largest absolute Gasteiger partial charge is 0.372 e. The van der Waals surface area contributed by atoms with Crippen molar-refractivity contribution in [3.8, 4) is 0 Å². The summed E-state index contributed by atoms with van der Waals surface area (Å²) in [6.45, 7) is 5.18. The summed E-state index contributed by atoms with van der Waals surface area (Å²) < 4.78 is 33.3. The van der Waals surface area contributed by atoms with Crippen LogP contribution in [0.3, 0.4) is 0 Å². The molecule has 0 saturated carbocycles. The molecule has 2 amide bonds. The molecule has 2 aliphatic heterocycles. The lowest BCUT2D eigenvalue weighted by Crippen LogP contribution is -2.53. The second kappa shape index (κ2) is 15.1. The number of rotatable bonds is 13. The molecule has 42 heavy (non-hydrogen) atoms. The van der Waals surface area contributed by atoms with E-state index in [4.69, 9.17) is 10.5 Å². The molecule has 0 spiro atoms. The van der Waals surface area contributed by atoms with Gasteiger partial charge in [-0.2, -0.15) is 0 Å². The van der Waals surface area contributed by atoms with Gasteiger partial charge < -0.3 is 26.0 Å². The second-order valence-corrected chi connectivity index (χ2v) is 13.4. The molecule has 0 radical (unpaired) electrons. The summed E-state index contributed by atoms with van der Waals surface area (Å²) in [5.74, 6) is -0.246. The average Bonchev–Trinajstić information content (AvgIpc) is 3.42. The number of likely N-dealkylation sites (tertiary alicyclic amines) is 1. The van der Waals surface area contributed by atoms with Gasteiger partial charge in [0.05, 0.1) is 19.0 Å². The topological polar surface area (TPSA) is 143 Å². The Kier molecular flexibility index (Phi) is 11.5. The number of benzene rings is 2. The molecule has 11 heteroatoms. The van der Waals surface area contributed by atoms with E-state index in [9.17, 15) is 18.0 Å². The minimum atomic E-state index is -3.65. The normalized spacial score (nSPS) is 20.4. The molecule has 5 N–H and O–H groups in total. The van der Waals surface area contributed by atoms with E-state index in [-0.39, 0.29) is 24.5 Å². The fourth-order valence-electron chi connectivity index (χ4n) is 5.67. The first kappa shape index (κ1) is 32.1. The number of nitrogens with zero attached hydrogens (tertiary/aromatic N) is 1. The molecule has 2 fully saturated rings. The number of amides is 2. The monoisotopic (exact) mass is 599 g/mol. The summed E-state index contributed by atoms with van der Waals surface area (Å²) >= 11 is 0. The van der Waals surface area contributed by atoms with Crippen LogP contribution in [-0.2, 0) is 44.0 Å². The van der Waals surface area contributed by atoms with E-state index in [1.807, 2.05) is 55.5 Å². The van der Waals surface area contributed by atoms with Crippen LogP contribution in [0.25, 0.3) is 0 Å². The second-order valence-electron chi connectivity index (χ2n) is 11.6. The Morgan fingerprint density at radius 1 is 1.05 bits per heavy atom. The number of piperidine rings is 1. The highest BCUT2D eigenvalue weighted by Gasteiger charge is 2.42. The highest BCUT2D eigenvalue weighted by Crippen LogP contribution is 2.26. The molecule has 0 aliphatic carbocycles. The van der Waals surface area contributed by atoms with E-state index in [0.717, 1.165) is 60.9 Å². The first-order valence-corrected chi connectivity index (χ1v) is 16.7. The number of aryl methyl sites for hydroxylation is 1. The van der Waals surface area contributed by atoms with E-state index < -0.39 is 22.1 Å². The van der Waals surface area contributed by atoms with Gasteiger partial charge in [0.15, 0.2) is 0 Å². The number of nitrogens with two attached hydrogens (primary N) is 1. The highest BCUT2D eigenvalue weighted by molar-refractivity contribution is 7.88. The third kappa shape index (κ3) is 9.60. The molecule has 0 unspecified atom stereocenters. The van der Waals surface area contributed by atoms with Gasteiger partial charge in [0.2, 0.25) is 21.8 Å². The van der Waals surface area contributed by atoms with Gasteiger partial charge in [0, 0.05) is 26.1 Å². The van der Waals surface area contributed by atoms with E-state index >= 15 is 0 Å². The predicted octanol–water partition coefficient (Wildman–Crippen LogP) is 1.95. The number of carbonyl (C=O) groups is 2. The summed E-state index contributed by atoms with van der Waals surface area (Å²) in [5, 5.41) is 6.31. The molecule has 2 saturated heterocycles. The quantitative estimate of drug-likeness (QED) is 0.276. The molecule has 2 heterocycles. The van der Waals surface area contributed by atoms with Crippen molar-refractivity contribution in [3.63, 3.8) is 0 Å². The smallest absolute Gasteiger partial charge is 0.243 e. The van der Waals surface area contributed by atoms with Gasteiger partial charge in [-0.3, -0.25) is 9.59 Å². The van der Waals surface area contributed by atoms with Crippen LogP contribution >= 0.6 is 0 Å². The Bertz CT molecular complexity index is 1280. The zero-order valence-corrected chi connectivity index (χ0v) is 25.5. The number of ether oxygens (including phenoxy) is 1. The highest BCUT2D eigenvalue weighted by atomic mass is 32.2. The number of hydrogen-bond acceptors (Lipinski definition) is 7. The third-order valence-electron chi connectivity index (χ3n) is 8.16. The molecular weight excluding hydrogens is 554 g/mol. The Hall–Kier alpha value is -2.83. The lowest BCUT2D eigenvalue weighted by molar-refractivity contribution is -0.140. The summed E-state index contributed by atoms with van der Waals surface area (Å²) in [4.78, 5) is 29.0. The van der Waals surface area contributed by atoms with Crippen molar-refractivity contribution in [3.05, 3.63) is 70.8 Å². The summed E-state index contributed by atoms with van der Waals surface area (Å²) in [7, 11) is -3.65. The molecule has 4 rings (SSSR count). The van der Waals surface area contributed by atoms with Crippen LogP contribution in [0.15, 0.2) is 48.5 Å². The van der Waals surface area contributed by atoms with Gasteiger partial charge in [-0.05, 0) is 68.3 Å². The fraction of sp³-hybridized carbons (Fsp3) is 0.548. The van der Waals surface area contributed by atoms with Crippen LogP contribution in [0.2, 0.25) is 0 Å². The van der Waals surface area contributed by atoms with Crippen molar-refractivity contribution in [2.24, 2.45) is 11.7 Å². The maximum Gasteiger partial charge on any atom is 0.243 e. The molecule has 10 nitrogen and oxygen atoms in total. The van der Waals surface area contributed by atoms with Crippen LogP contribution in [-0.4, -0.2) is 69.2 Å². The van der Waals surface area contributed by atoms with Crippen LogP contribution in [0, 0.1) is 12.8 Å². The van der Waals surface area contributed by atoms with Crippen molar-refractivity contribution in [1.29, 1.82) is 0 Å². The molecule has 2 aliphatic rings. The van der Waals surface area contributed by atoms with Gasteiger partial charge in [0.25, 0.3) is 0 Å². The third-order valence-corrected chi connectivity index (χ3v) is 8.87. The van der Waals surface area contributed by atoms with Crippen molar-refractivity contribution in [2.45, 2.75) is 76.9 Å². The molecular formula is C31H45N5O5S. The minimum Gasteiger partial charge on any atom is -0.372 e. The zero-order valence-electron chi connectivity index (χ0n) is 24.7. The summed E-state index contributed by atoms with van der Waals surface area (Å²) in [6, 6.07) is 14.0. The van der Waals surface area contributed by atoms with Gasteiger partial charge in [0.1, 0.15) is 12.1 Å². The Morgan fingerprint density at radius 3 is 2.33 bits per heavy atom. The van der Waals surface area contributed by atoms with Crippen LogP contribution < -0.4 is 21.1 Å². The Morgan fingerprint density at radius 2 is 1.69 bits per heavy atom. The van der Waals surface area contributed by atoms with Crippen LogP contribution in [0.4, 0.5) is 0 Å². The maximum absolute atomic E-state index is 14.0. The van der Waals surface area contributed by atoms with Gasteiger partial charge in [-0.25, -0.2) is 13.1 Å². The van der Waals surface area contributed by atoms with Crippen molar-refractivity contribution in [2.75, 3.05) is 25.9 Å². The van der Waals surface area contributed by atoms with Gasteiger partial charge in [-0.15, -0.1) is 0 Å². The number of carbonyl (C=O) groups excluding carboxylic acids is 2. The summed E-state index contributed by atoms with van der Waals surface area (Å²) in [6.07, 6.45) is 4.13. The molecule has 0 bridgehead atoms. The first-order valence-electron chi connectivity index (χ1n) is 14.8. The lowest BCUT2D eigenvalue weighted by atomic mass is 9.91. The molecule has 230 valence electrons. The van der Waals surface area contributed by atoms with Crippen LogP contribution in [0.5, 0.6) is 0 Å². The molecule has 0 aromatic heterocycles. The number of nitrogens with one attached hydrogen (secondary N) is 3. The predicted molar refractivity (Wildman–Crippen MR) is 163 cm³/mol. The van der Waals surface area contributed by atoms with E-state index in [2.05, 4.69) is 15.4 Å². The molecule has 3 atom stereocenters. The Balaban J connectivity index is 1.47. The van der Waals surface area contributed by atoms with Crippen molar-refractivity contribution >= 4 is 21.8 Å². The number of sulfonamides is 1. The maximum atomic E-state index is 14.0. The standard InChI is InChI=1S/C31H45N5O5S/c1-22-3-5-26(6-4-22)21-41-27-17-29(30(37)34-19-25-9-7-24(18-32)8-10-25)36(20-27)31(38)28(35-42(2,39)40)12-11-23-13-15-33-16-14-23/h3-10,23,27-29,33,35H,11-21,32H2,1-2H3,(H,34,37)/t27-,28-,29+/m1/s1. The van der Waals surface area contributed by atoms with Gasteiger partial charge in [-0.1, -0.05) is 54.1 Å². The minimum absolute atomic E-state index is 0.212. The first-order chi connectivity index (χ1) is 20.1. The zero-order chi connectivity index (χ0) is 30.1. The van der Waals surface area contributed by atoms with Crippen molar-refractivity contribution < 1.29 is 22.7 Å². The van der Waals surface area contributed by atoms with Crippen LogP contribution in [0.1, 0.15) is 54.4 Å². The van der Waals surface area contributed by atoms with E-state index in [0.29, 0.717) is 38.5 Å².